The first kappa shape index (κ1) is 25.8. The Balaban J connectivity index is 1.12. The van der Waals surface area contributed by atoms with Crippen molar-refractivity contribution >= 4 is 11.6 Å². The largest absolute Gasteiger partial charge is 0.390 e. The molecule has 0 aromatic carbocycles. The zero-order valence-electron chi connectivity index (χ0n) is 22.6. The first-order valence-electron chi connectivity index (χ1n) is 14.9. The summed E-state index contributed by atoms with van der Waals surface area (Å²) < 4.78 is 0. The molecule has 1 heterocycles. The van der Waals surface area contributed by atoms with E-state index in [-0.39, 0.29) is 5.60 Å². The Labute approximate surface area is 215 Å². The highest BCUT2D eigenvalue weighted by atomic mass is 35.5. The number of piperidine rings is 1. The molecular formula is C30H53ClN2O. The molecule has 1 saturated heterocycles. The molecule has 2 N–H and O–H groups in total. The van der Waals surface area contributed by atoms with Gasteiger partial charge in [0.25, 0.3) is 0 Å². The number of halogens is 1. The molecule has 4 atom stereocenters. The van der Waals surface area contributed by atoms with E-state index < -0.39 is 0 Å². The molecule has 6 rings (SSSR count). The Kier molecular flexibility index (Phi) is 7.44. The lowest BCUT2D eigenvalue weighted by atomic mass is 9.47. The quantitative estimate of drug-likeness (QED) is 0.381. The standard InChI is InChI=1S/C30H53ClN2O/c1-21(2)27(32-11-10-29-14-22-13-23(15-29)17-30(34,16-22)19-29)18-33-12-9-26(28(3,4)20-33)24-5-7-25(31)8-6-24/h21-27,32,34H,5-20H2,1-4H3/t22?,23?,24?,25?,26?,27-,29?,30?/m0/s1. The molecule has 0 aromatic rings. The number of nitrogens with one attached hydrogen (secondary N) is 1. The molecule has 4 bridgehead atoms. The van der Waals surface area contributed by atoms with Gasteiger partial charge in [0.15, 0.2) is 0 Å². The summed E-state index contributed by atoms with van der Waals surface area (Å²) in [5, 5.41) is 15.6. The predicted molar refractivity (Wildman–Crippen MR) is 143 cm³/mol. The molecule has 3 nitrogen and oxygen atoms in total. The van der Waals surface area contributed by atoms with Gasteiger partial charge in [0.05, 0.1) is 5.60 Å². The first-order chi connectivity index (χ1) is 16.0. The van der Waals surface area contributed by atoms with Crippen molar-refractivity contribution in [1.29, 1.82) is 0 Å². The fraction of sp³-hybridized carbons (Fsp3) is 1.00. The SMILES string of the molecule is CC(C)[C@H](CN1CCC(C2CCC(Cl)CC2)C(C)(C)C1)NCCC12CC3CC(CC(O)(C3)C1)C2. The third-order valence-electron chi connectivity index (χ3n) is 11.1. The molecule has 6 aliphatic rings. The number of aliphatic hydroxyl groups is 1. The number of likely N-dealkylation sites (tertiary alicyclic amines) is 1. The maximum absolute atomic E-state index is 11.1. The second kappa shape index (κ2) is 9.80. The third kappa shape index (κ3) is 5.53. The van der Waals surface area contributed by atoms with Gasteiger partial charge in [-0.3, -0.25) is 0 Å². The molecule has 196 valence electrons. The zero-order chi connectivity index (χ0) is 24.1. The van der Waals surface area contributed by atoms with Crippen molar-refractivity contribution in [3.63, 3.8) is 0 Å². The average molecular weight is 493 g/mol. The highest BCUT2D eigenvalue weighted by molar-refractivity contribution is 6.20. The van der Waals surface area contributed by atoms with Crippen LogP contribution >= 0.6 is 11.6 Å². The number of hydrogen-bond donors (Lipinski definition) is 2. The highest BCUT2D eigenvalue weighted by Gasteiger charge is 2.56. The van der Waals surface area contributed by atoms with Crippen molar-refractivity contribution in [2.24, 2.45) is 40.4 Å². The maximum atomic E-state index is 11.1. The first-order valence-corrected chi connectivity index (χ1v) is 15.3. The van der Waals surface area contributed by atoms with Crippen molar-refractivity contribution < 1.29 is 5.11 Å². The van der Waals surface area contributed by atoms with Gasteiger partial charge in [-0.1, -0.05) is 27.7 Å². The van der Waals surface area contributed by atoms with Crippen LogP contribution < -0.4 is 5.32 Å². The van der Waals surface area contributed by atoms with Crippen LogP contribution in [0.4, 0.5) is 0 Å². The van der Waals surface area contributed by atoms with E-state index in [0.717, 1.165) is 49.5 Å². The molecule has 0 radical (unpaired) electrons. The normalized spacial score (nSPS) is 45.1. The van der Waals surface area contributed by atoms with Crippen LogP contribution in [0.5, 0.6) is 0 Å². The summed E-state index contributed by atoms with van der Waals surface area (Å²) in [7, 11) is 0. The summed E-state index contributed by atoms with van der Waals surface area (Å²) >= 11 is 6.41. The van der Waals surface area contributed by atoms with E-state index in [1.165, 1.54) is 77.4 Å². The van der Waals surface area contributed by atoms with Gasteiger partial charge in [0.1, 0.15) is 0 Å². The number of alkyl halides is 1. The monoisotopic (exact) mass is 492 g/mol. The minimum absolute atomic E-state index is 0.319. The predicted octanol–water partition coefficient (Wildman–Crippen LogP) is 6.47. The molecule has 1 aliphatic heterocycles. The summed E-state index contributed by atoms with van der Waals surface area (Å²) in [4.78, 5) is 2.77. The van der Waals surface area contributed by atoms with Gasteiger partial charge < -0.3 is 15.3 Å². The Hall–Kier alpha value is 0.170. The summed E-state index contributed by atoms with van der Waals surface area (Å²) in [6, 6.07) is 0.566. The highest BCUT2D eigenvalue weighted by Crippen LogP contribution is 2.62. The van der Waals surface area contributed by atoms with Crippen LogP contribution in [0.3, 0.4) is 0 Å². The van der Waals surface area contributed by atoms with E-state index >= 15 is 0 Å². The van der Waals surface area contributed by atoms with Gasteiger partial charge in [-0.25, -0.2) is 0 Å². The molecular weight excluding hydrogens is 440 g/mol. The van der Waals surface area contributed by atoms with E-state index in [0.29, 0.717) is 28.2 Å². The summed E-state index contributed by atoms with van der Waals surface area (Å²) in [5.74, 6) is 4.01. The van der Waals surface area contributed by atoms with Crippen LogP contribution in [0, 0.1) is 40.4 Å². The molecule has 0 amide bonds. The fourth-order valence-electron chi connectivity index (χ4n) is 10.0. The minimum Gasteiger partial charge on any atom is -0.390 e. The lowest BCUT2D eigenvalue weighted by molar-refractivity contribution is -0.165. The molecule has 6 fully saturated rings. The molecule has 5 saturated carbocycles. The Morgan fingerprint density at radius 3 is 2.26 bits per heavy atom. The van der Waals surface area contributed by atoms with Crippen molar-refractivity contribution in [2.45, 2.75) is 122 Å². The summed E-state index contributed by atoms with van der Waals surface area (Å²) in [6.07, 6.45) is 15.2. The smallest absolute Gasteiger partial charge is 0.0658 e. The van der Waals surface area contributed by atoms with Crippen LogP contribution in [-0.2, 0) is 0 Å². The van der Waals surface area contributed by atoms with Crippen LogP contribution in [0.15, 0.2) is 0 Å². The lowest BCUT2D eigenvalue weighted by Gasteiger charge is -2.60. The Morgan fingerprint density at radius 2 is 1.68 bits per heavy atom. The van der Waals surface area contributed by atoms with Crippen molar-refractivity contribution in [1.82, 2.24) is 10.2 Å². The summed E-state index contributed by atoms with van der Waals surface area (Å²) in [6.45, 7) is 14.7. The van der Waals surface area contributed by atoms with Crippen molar-refractivity contribution in [2.75, 3.05) is 26.2 Å². The van der Waals surface area contributed by atoms with E-state index in [4.69, 9.17) is 11.6 Å². The van der Waals surface area contributed by atoms with Crippen LogP contribution in [-0.4, -0.2) is 53.2 Å². The molecule has 0 spiro atoms. The summed E-state index contributed by atoms with van der Waals surface area (Å²) in [5.41, 5.74) is 0.508. The molecule has 3 unspecified atom stereocenters. The Bertz CT molecular complexity index is 686. The average Bonchev–Trinajstić information content (AvgIpc) is 2.71. The molecule has 5 aliphatic carbocycles. The lowest BCUT2D eigenvalue weighted by Crippen LogP contribution is -2.56. The van der Waals surface area contributed by atoms with E-state index in [1.54, 1.807) is 0 Å². The number of hydrogen-bond acceptors (Lipinski definition) is 3. The van der Waals surface area contributed by atoms with E-state index in [2.05, 4.69) is 37.9 Å². The molecule has 4 heteroatoms. The maximum Gasteiger partial charge on any atom is 0.0658 e. The van der Waals surface area contributed by atoms with Crippen molar-refractivity contribution in [3.8, 4) is 0 Å². The zero-order valence-corrected chi connectivity index (χ0v) is 23.4. The Morgan fingerprint density at radius 1 is 1.00 bits per heavy atom. The van der Waals surface area contributed by atoms with Gasteiger partial charge in [-0.15, -0.1) is 11.6 Å². The topological polar surface area (TPSA) is 35.5 Å². The molecule has 0 aromatic heterocycles. The number of nitrogens with zero attached hydrogens (tertiary/aromatic N) is 1. The molecule has 34 heavy (non-hydrogen) atoms. The third-order valence-corrected chi connectivity index (χ3v) is 11.6. The fourth-order valence-corrected chi connectivity index (χ4v) is 10.3. The number of rotatable bonds is 8. The second-order valence-corrected chi connectivity index (χ2v) is 15.5. The van der Waals surface area contributed by atoms with Gasteiger partial charge in [0, 0.05) is 24.5 Å². The van der Waals surface area contributed by atoms with E-state index in [9.17, 15) is 5.11 Å². The van der Waals surface area contributed by atoms with Gasteiger partial charge in [-0.05, 0) is 131 Å². The van der Waals surface area contributed by atoms with Crippen LogP contribution in [0.25, 0.3) is 0 Å². The second-order valence-electron chi connectivity index (χ2n) is 14.9. The van der Waals surface area contributed by atoms with Gasteiger partial charge >= 0.3 is 0 Å². The minimum atomic E-state index is -0.319. The van der Waals surface area contributed by atoms with Crippen LogP contribution in [0.1, 0.15) is 105 Å². The van der Waals surface area contributed by atoms with Crippen LogP contribution in [0.2, 0.25) is 0 Å². The van der Waals surface area contributed by atoms with E-state index in [1.807, 2.05) is 0 Å². The van der Waals surface area contributed by atoms with Gasteiger partial charge in [-0.2, -0.15) is 0 Å². The van der Waals surface area contributed by atoms with Gasteiger partial charge in [0.2, 0.25) is 0 Å². The van der Waals surface area contributed by atoms with Crippen molar-refractivity contribution in [3.05, 3.63) is 0 Å².